The molecule has 2 N–H and O–H groups in total. The Kier molecular flexibility index (Phi) is 5.57. The second-order valence-electron chi connectivity index (χ2n) is 6.49. The molecule has 0 bridgehead atoms. The van der Waals surface area contributed by atoms with Crippen molar-refractivity contribution >= 4 is 21.6 Å². The molecule has 2 heterocycles. The van der Waals surface area contributed by atoms with E-state index in [1.165, 1.54) is 0 Å². The van der Waals surface area contributed by atoms with E-state index in [-0.39, 0.29) is 5.56 Å². The van der Waals surface area contributed by atoms with Gasteiger partial charge in [0, 0.05) is 25.1 Å². The highest BCUT2D eigenvalue weighted by atomic mass is 32.1. The van der Waals surface area contributed by atoms with E-state index in [1.54, 1.807) is 32.3 Å². The predicted octanol–water partition coefficient (Wildman–Crippen LogP) is 1.82. The molecule has 0 aliphatic carbocycles. The van der Waals surface area contributed by atoms with Gasteiger partial charge >= 0.3 is 0 Å². The van der Waals surface area contributed by atoms with Gasteiger partial charge in [-0.25, -0.2) is 4.98 Å². The number of hydrogen-bond acceptors (Lipinski definition) is 6. The summed E-state index contributed by atoms with van der Waals surface area (Å²) in [7, 11) is 1.64. The Labute approximate surface area is 140 Å². The molecular formula is C16H25N3O3S. The highest BCUT2D eigenvalue weighted by molar-refractivity contribution is 7.18. The number of hydrogen-bond donors (Lipinski definition) is 2. The summed E-state index contributed by atoms with van der Waals surface area (Å²) >= 11 is 1.54. The van der Waals surface area contributed by atoms with Gasteiger partial charge in [0.1, 0.15) is 10.7 Å². The molecule has 0 saturated heterocycles. The summed E-state index contributed by atoms with van der Waals surface area (Å²) in [5, 5.41) is 10.7. The topological polar surface area (TPSA) is 78.5 Å². The Balaban J connectivity index is 2.28. The molecular weight excluding hydrogens is 314 g/mol. The largest absolute Gasteiger partial charge is 0.389 e. The fourth-order valence-electron chi connectivity index (χ4n) is 2.57. The summed E-state index contributed by atoms with van der Waals surface area (Å²) in [4.78, 5) is 23.7. The smallest absolute Gasteiger partial charge is 0.259 e. The number of rotatable bonds is 7. The lowest BCUT2D eigenvalue weighted by molar-refractivity contribution is 0.0239. The second kappa shape index (κ2) is 7.09. The number of aromatic nitrogens is 2. The Bertz CT molecular complexity index is 730. The molecule has 0 atom stereocenters. The third kappa shape index (κ3) is 4.60. The van der Waals surface area contributed by atoms with Crippen LogP contribution in [0.2, 0.25) is 0 Å². The maximum atomic E-state index is 12.3. The minimum absolute atomic E-state index is 0.0956. The zero-order valence-electron chi connectivity index (χ0n) is 14.4. The molecule has 0 aliphatic heterocycles. The molecule has 0 aliphatic rings. The van der Waals surface area contributed by atoms with Gasteiger partial charge in [0.2, 0.25) is 0 Å². The molecule has 2 aromatic rings. The number of ether oxygens (including phenoxy) is 1. The minimum atomic E-state index is -0.825. The van der Waals surface area contributed by atoms with E-state index in [0.717, 1.165) is 15.3 Å². The first-order chi connectivity index (χ1) is 10.7. The summed E-state index contributed by atoms with van der Waals surface area (Å²) in [6.45, 7) is 9.62. The van der Waals surface area contributed by atoms with Crippen LogP contribution in [0.3, 0.4) is 0 Å². The molecule has 6 nitrogen and oxygen atoms in total. The quantitative estimate of drug-likeness (QED) is 0.804. The van der Waals surface area contributed by atoms with Crippen LogP contribution in [-0.2, 0) is 11.3 Å². The van der Waals surface area contributed by atoms with Crippen molar-refractivity contribution in [2.45, 2.75) is 39.8 Å². The van der Waals surface area contributed by atoms with E-state index in [1.807, 2.05) is 18.7 Å². The van der Waals surface area contributed by atoms with Gasteiger partial charge in [-0.2, -0.15) is 0 Å². The van der Waals surface area contributed by atoms with Gasteiger partial charge in [-0.1, -0.05) is 0 Å². The molecule has 2 rings (SSSR count). The lowest BCUT2D eigenvalue weighted by Crippen LogP contribution is -2.40. The molecule has 0 fully saturated rings. The number of thiophene rings is 1. The van der Waals surface area contributed by atoms with Crippen LogP contribution in [0.4, 0.5) is 0 Å². The van der Waals surface area contributed by atoms with Crippen molar-refractivity contribution < 1.29 is 9.84 Å². The molecule has 0 amide bonds. The van der Waals surface area contributed by atoms with Crippen LogP contribution in [0.5, 0.6) is 0 Å². The van der Waals surface area contributed by atoms with Crippen LogP contribution < -0.4 is 5.56 Å². The van der Waals surface area contributed by atoms with E-state index in [0.29, 0.717) is 37.5 Å². The predicted molar refractivity (Wildman–Crippen MR) is 93.2 cm³/mol. The van der Waals surface area contributed by atoms with Gasteiger partial charge in [-0.15, -0.1) is 11.3 Å². The number of nitrogens with one attached hydrogen (secondary N) is 1. The molecule has 0 saturated carbocycles. The highest BCUT2D eigenvalue weighted by Crippen LogP contribution is 2.25. The summed E-state index contributed by atoms with van der Waals surface area (Å²) < 4.78 is 5.12. The average molecular weight is 339 g/mol. The number of methoxy groups -OCH3 is 1. The van der Waals surface area contributed by atoms with Crippen LogP contribution in [-0.4, -0.2) is 52.4 Å². The van der Waals surface area contributed by atoms with Crippen molar-refractivity contribution in [2.75, 3.05) is 26.8 Å². The van der Waals surface area contributed by atoms with Gasteiger partial charge in [0.05, 0.1) is 24.1 Å². The average Bonchev–Trinajstić information content (AvgIpc) is 2.70. The molecule has 0 unspecified atom stereocenters. The lowest BCUT2D eigenvalue weighted by atomic mass is 10.1. The number of aliphatic hydroxyl groups is 1. The van der Waals surface area contributed by atoms with Gasteiger partial charge in [0.25, 0.3) is 5.56 Å². The lowest BCUT2D eigenvalue weighted by Gasteiger charge is -2.28. The van der Waals surface area contributed by atoms with Gasteiger partial charge in [-0.3, -0.25) is 9.69 Å². The fourth-order valence-corrected chi connectivity index (χ4v) is 3.62. The zero-order chi connectivity index (χ0) is 17.2. The highest BCUT2D eigenvalue weighted by Gasteiger charge is 2.20. The number of H-pyrrole nitrogens is 1. The molecule has 0 aromatic carbocycles. The standard InChI is InChI=1S/C16H25N3O3S/c1-10-11(2)23-15-13(10)14(20)17-12(18-15)8-19(6-7-22-5)9-16(3,4)21/h21H,6-9H2,1-5H3,(H,17,18,20). The van der Waals surface area contributed by atoms with Crippen molar-refractivity contribution in [1.82, 2.24) is 14.9 Å². The number of aryl methyl sites for hydroxylation is 2. The Morgan fingerprint density at radius 1 is 1.39 bits per heavy atom. The normalized spacial score (nSPS) is 12.5. The summed E-state index contributed by atoms with van der Waals surface area (Å²) in [6.07, 6.45) is 0. The first kappa shape index (κ1) is 18.1. The van der Waals surface area contributed by atoms with Crippen molar-refractivity contribution in [1.29, 1.82) is 0 Å². The Morgan fingerprint density at radius 3 is 2.70 bits per heavy atom. The summed E-state index contributed by atoms with van der Waals surface area (Å²) in [6, 6.07) is 0. The van der Waals surface area contributed by atoms with E-state index in [9.17, 15) is 9.90 Å². The number of nitrogens with zero attached hydrogens (tertiary/aromatic N) is 2. The number of fused-ring (bicyclic) bond motifs is 1. The monoisotopic (exact) mass is 339 g/mol. The van der Waals surface area contributed by atoms with Crippen LogP contribution in [0.1, 0.15) is 30.1 Å². The van der Waals surface area contributed by atoms with Crippen molar-refractivity contribution in [2.24, 2.45) is 0 Å². The SMILES string of the molecule is COCCN(Cc1nc2sc(C)c(C)c2c(=O)[nH]1)CC(C)(C)O. The first-order valence-corrected chi connectivity index (χ1v) is 8.45. The fraction of sp³-hybridized carbons (Fsp3) is 0.625. The van der Waals surface area contributed by atoms with Gasteiger partial charge in [-0.05, 0) is 33.3 Å². The molecule has 0 radical (unpaired) electrons. The molecule has 0 spiro atoms. The van der Waals surface area contributed by atoms with Crippen molar-refractivity contribution in [3.8, 4) is 0 Å². The Morgan fingerprint density at radius 2 is 2.09 bits per heavy atom. The van der Waals surface area contributed by atoms with Crippen LogP contribution in [0.15, 0.2) is 4.79 Å². The molecule has 128 valence electrons. The Hall–Kier alpha value is -1.28. The third-order valence-corrected chi connectivity index (χ3v) is 4.78. The van der Waals surface area contributed by atoms with Crippen LogP contribution >= 0.6 is 11.3 Å². The van der Waals surface area contributed by atoms with E-state index in [2.05, 4.69) is 9.97 Å². The molecule has 7 heteroatoms. The first-order valence-electron chi connectivity index (χ1n) is 7.64. The summed E-state index contributed by atoms with van der Waals surface area (Å²) in [5.41, 5.74) is 0.0775. The van der Waals surface area contributed by atoms with E-state index >= 15 is 0 Å². The van der Waals surface area contributed by atoms with Gasteiger partial charge < -0.3 is 14.8 Å². The minimum Gasteiger partial charge on any atom is -0.389 e. The van der Waals surface area contributed by atoms with Crippen LogP contribution in [0, 0.1) is 13.8 Å². The van der Waals surface area contributed by atoms with Crippen molar-refractivity contribution in [3.63, 3.8) is 0 Å². The van der Waals surface area contributed by atoms with Crippen molar-refractivity contribution in [3.05, 3.63) is 26.6 Å². The van der Waals surface area contributed by atoms with E-state index in [4.69, 9.17) is 4.74 Å². The van der Waals surface area contributed by atoms with Gasteiger partial charge in [0.15, 0.2) is 0 Å². The second-order valence-corrected chi connectivity index (χ2v) is 7.70. The third-order valence-electron chi connectivity index (χ3n) is 3.68. The molecule has 23 heavy (non-hydrogen) atoms. The number of aromatic amines is 1. The van der Waals surface area contributed by atoms with E-state index < -0.39 is 5.60 Å². The van der Waals surface area contributed by atoms with Crippen LogP contribution in [0.25, 0.3) is 10.2 Å². The molecule has 2 aromatic heterocycles. The summed E-state index contributed by atoms with van der Waals surface area (Å²) in [5.74, 6) is 0.615. The maximum absolute atomic E-state index is 12.3. The maximum Gasteiger partial charge on any atom is 0.259 e. The zero-order valence-corrected chi connectivity index (χ0v) is 15.2.